The molecule has 1 saturated heterocycles. The van der Waals surface area contributed by atoms with E-state index < -0.39 is 58.2 Å². The minimum Gasteiger partial charge on any atom is -0.325 e. The molecular formula is C18H8F4IN5O5. The number of hydrogen-bond donors (Lipinski definition) is 1. The molecule has 2 aromatic rings. The fraction of sp³-hybridized carbons (Fsp3) is 0.111. The van der Waals surface area contributed by atoms with Crippen LogP contribution in [0.2, 0.25) is 0 Å². The van der Waals surface area contributed by atoms with E-state index >= 15 is 0 Å². The van der Waals surface area contributed by atoms with E-state index in [1.54, 1.807) is 22.6 Å². The van der Waals surface area contributed by atoms with E-state index in [9.17, 15) is 36.7 Å². The van der Waals surface area contributed by atoms with Gasteiger partial charge in [0.15, 0.2) is 23.3 Å². The van der Waals surface area contributed by atoms with E-state index in [4.69, 9.17) is 10.4 Å². The van der Waals surface area contributed by atoms with Gasteiger partial charge in [-0.1, -0.05) is 5.11 Å². The topological polar surface area (TPSA) is 142 Å². The lowest BCUT2D eigenvalue weighted by Crippen LogP contribution is -2.32. The number of nitrogens with zero attached hydrogens (tertiary/aromatic N) is 4. The molecule has 0 saturated carbocycles. The number of carbonyl (C=O) groups excluding carboxylic acids is 4. The molecule has 0 bridgehead atoms. The van der Waals surface area contributed by atoms with Crippen molar-refractivity contribution in [2.45, 2.75) is 12.8 Å². The van der Waals surface area contributed by atoms with Crippen LogP contribution in [0.3, 0.4) is 0 Å². The van der Waals surface area contributed by atoms with Crippen LogP contribution in [0.4, 0.5) is 28.9 Å². The summed E-state index contributed by atoms with van der Waals surface area (Å²) in [5.41, 5.74) is 4.53. The number of rotatable bonds is 5. The van der Waals surface area contributed by atoms with Gasteiger partial charge in [0.2, 0.25) is 0 Å². The monoisotopic (exact) mass is 577 g/mol. The number of nitrogens with one attached hydrogen (secondary N) is 1. The number of imide groups is 1. The van der Waals surface area contributed by atoms with Crippen molar-refractivity contribution in [3.63, 3.8) is 0 Å². The Kier molecular flexibility index (Phi) is 6.83. The number of benzene rings is 2. The molecule has 1 aliphatic rings. The van der Waals surface area contributed by atoms with Crippen molar-refractivity contribution in [3.05, 3.63) is 66.6 Å². The van der Waals surface area contributed by atoms with Gasteiger partial charge in [-0.3, -0.25) is 14.4 Å². The van der Waals surface area contributed by atoms with Gasteiger partial charge in [0.1, 0.15) is 11.3 Å². The molecule has 10 nitrogen and oxygen atoms in total. The van der Waals surface area contributed by atoms with Crippen LogP contribution in [0, 0.1) is 26.8 Å². The first-order chi connectivity index (χ1) is 15.5. The largest absolute Gasteiger partial charge is 0.364 e. The zero-order chi connectivity index (χ0) is 24.4. The third-order valence-electron chi connectivity index (χ3n) is 4.18. The number of halogens is 5. The maximum atomic E-state index is 14.2. The lowest BCUT2D eigenvalue weighted by atomic mass is 10.1. The molecule has 0 atom stereocenters. The van der Waals surface area contributed by atoms with Gasteiger partial charge >= 0.3 is 5.97 Å². The zero-order valence-electron chi connectivity index (χ0n) is 15.9. The standard InChI is InChI=1S/C18H8F4IN5O5/c19-12-11(13(20)15(22)16(14(12)21)26-27-24)17(31)25-8-4-6(3-7(23)5-8)18(32)33-28-9(29)1-2-10(28)30/h3-5H,1-2H2,(H,25,31). The van der Waals surface area contributed by atoms with E-state index in [0.717, 1.165) is 6.07 Å². The minimum atomic E-state index is -2.11. The number of hydrogen-bond acceptors (Lipinski definition) is 6. The second-order valence-electron chi connectivity index (χ2n) is 6.31. The summed E-state index contributed by atoms with van der Waals surface area (Å²) in [4.78, 5) is 54.6. The predicted molar refractivity (Wildman–Crippen MR) is 109 cm³/mol. The van der Waals surface area contributed by atoms with Crippen LogP contribution in [0.1, 0.15) is 33.6 Å². The summed E-state index contributed by atoms with van der Waals surface area (Å²) < 4.78 is 56.6. The molecule has 0 radical (unpaired) electrons. The number of carbonyl (C=O) groups is 4. The second kappa shape index (κ2) is 9.41. The fourth-order valence-corrected chi connectivity index (χ4v) is 3.39. The molecule has 3 amide bonds. The highest BCUT2D eigenvalue weighted by atomic mass is 127. The predicted octanol–water partition coefficient (Wildman–Crippen LogP) is 4.26. The van der Waals surface area contributed by atoms with E-state index in [0.29, 0.717) is 8.63 Å². The van der Waals surface area contributed by atoms with Crippen molar-refractivity contribution in [1.29, 1.82) is 0 Å². The van der Waals surface area contributed by atoms with Crippen molar-refractivity contribution >= 4 is 57.7 Å². The summed E-state index contributed by atoms with van der Waals surface area (Å²) in [6.07, 6.45) is -0.273. The molecule has 1 heterocycles. The van der Waals surface area contributed by atoms with Gasteiger partial charge < -0.3 is 10.2 Å². The summed E-state index contributed by atoms with van der Waals surface area (Å²) in [6, 6.07) is 3.46. The molecular weight excluding hydrogens is 569 g/mol. The maximum Gasteiger partial charge on any atom is 0.364 e. The fourth-order valence-electron chi connectivity index (χ4n) is 2.72. The van der Waals surface area contributed by atoms with Crippen molar-refractivity contribution in [2.75, 3.05) is 5.32 Å². The highest BCUT2D eigenvalue weighted by Gasteiger charge is 2.33. The van der Waals surface area contributed by atoms with Gasteiger partial charge in [0.05, 0.1) is 5.56 Å². The lowest BCUT2D eigenvalue weighted by molar-refractivity contribution is -0.172. The van der Waals surface area contributed by atoms with Crippen LogP contribution in [-0.4, -0.2) is 28.8 Å². The highest BCUT2D eigenvalue weighted by Crippen LogP contribution is 2.31. The zero-order valence-corrected chi connectivity index (χ0v) is 18.0. The summed E-state index contributed by atoms with van der Waals surface area (Å²) in [5.74, 6) is -12.6. The van der Waals surface area contributed by atoms with Crippen LogP contribution >= 0.6 is 22.6 Å². The van der Waals surface area contributed by atoms with E-state index in [-0.39, 0.29) is 24.1 Å². The van der Waals surface area contributed by atoms with Gasteiger partial charge in [0.25, 0.3) is 17.7 Å². The molecule has 33 heavy (non-hydrogen) atoms. The van der Waals surface area contributed by atoms with Crippen molar-refractivity contribution in [3.8, 4) is 0 Å². The summed E-state index contributed by atoms with van der Waals surface area (Å²) >= 11 is 1.71. The molecule has 0 unspecified atom stereocenters. The van der Waals surface area contributed by atoms with Crippen LogP contribution < -0.4 is 5.32 Å². The van der Waals surface area contributed by atoms with Crippen molar-refractivity contribution in [1.82, 2.24) is 5.06 Å². The molecule has 1 fully saturated rings. The molecule has 2 aromatic carbocycles. The van der Waals surface area contributed by atoms with Gasteiger partial charge in [-0.2, -0.15) is 0 Å². The Labute approximate surface area is 194 Å². The third kappa shape index (κ3) is 4.73. The quantitative estimate of drug-likeness (QED) is 0.108. The van der Waals surface area contributed by atoms with Crippen LogP contribution in [-0.2, 0) is 14.4 Å². The Morgan fingerprint density at radius 3 is 2.15 bits per heavy atom. The van der Waals surface area contributed by atoms with Crippen LogP contribution in [0.25, 0.3) is 10.4 Å². The Bertz CT molecular complexity index is 1240. The lowest BCUT2D eigenvalue weighted by Gasteiger charge is -2.14. The smallest absolute Gasteiger partial charge is 0.325 e. The number of azide groups is 1. The second-order valence-corrected chi connectivity index (χ2v) is 7.56. The number of anilines is 1. The Morgan fingerprint density at radius 2 is 1.61 bits per heavy atom. The Morgan fingerprint density at radius 1 is 1.03 bits per heavy atom. The van der Waals surface area contributed by atoms with Crippen LogP contribution in [0.15, 0.2) is 23.3 Å². The molecule has 3 rings (SSSR count). The summed E-state index contributed by atoms with van der Waals surface area (Å²) in [5, 5.41) is 4.79. The Hall–Kier alpha value is -3.72. The first-order valence-electron chi connectivity index (χ1n) is 8.66. The molecule has 0 aliphatic carbocycles. The minimum absolute atomic E-state index is 0.136. The first-order valence-corrected chi connectivity index (χ1v) is 9.74. The molecule has 15 heteroatoms. The van der Waals surface area contributed by atoms with Gasteiger partial charge in [-0.15, -0.1) is 5.06 Å². The summed E-state index contributed by atoms with van der Waals surface area (Å²) in [6.45, 7) is 0. The first kappa shape index (κ1) is 23.9. The normalized spacial score (nSPS) is 13.1. The van der Waals surface area contributed by atoms with Gasteiger partial charge in [-0.25, -0.2) is 22.4 Å². The van der Waals surface area contributed by atoms with Crippen molar-refractivity contribution in [2.24, 2.45) is 5.11 Å². The molecule has 170 valence electrons. The Balaban J connectivity index is 1.90. The molecule has 0 spiro atoms. The van der Waals surface area contributed by atoms with E-state index in [1.165, 1.54) is 12.1 Å². The number of amides is 3. The van der Waals surface area contributed by atoms with Gasteiger partial charge in [0, 0.05) is 27.0 Å². The number of hydroxylamine groups is 2. The van der Waals surface area contributed by atoms with Crippen LogP contribution in [0.5, 0.6) is 0 Å². The molecule has 1 N–H and O–H groups in total. The summed E-state index contributed by atoms with van der Waals surface area (Å²) in [7, 11) is 0. The third-order valence-corrected chi connectivity index (χ3v) is 4.81. The average molecular weight is 577 g/mol. The molecule has 0 aromatic heterocycles. The van der Waals surface area contributed by atoms with Crippen molar-refractivity contribution < 1.29 is 41.6 Å². The van der Waals surface area contributed by atoms with Gasteiger partial charge in [-0.05, 0) is 46.3 Å². The maximum absolute atomic E-state index is 14.2. The average Bonchev–Trinajstić information content (AvgIpc) is 3.07. The van der Waals surface area contributed by atoms with E-state index in [2.05, 4.69) is 10.0 Å². The molecule has 1 aliphatic heterocycles. The highest BCUT2D eigenvalue weighted by molar-refractivity contribution is 14.1. The van der Waals surface area contributed by atoms with E-state index in [1.807, 2.05) is 5.32 Å². The SMILES string of the molecule is [N-]=[N+]=Nc1c(F)c(F)c(C(=O)Nc2cc(I)cc(C(=O)ON3C(=O)CCC3=O)c2)c(F)c1F.